The molecule has 1 atom stereocenters. The molecule has 0 spiro atoms. The monoisotopic (exact) mass is 209 g/mol. The topological polar surface area (TPSA) is 41.3 Å². The first-order valence-corrected chi connectivity index (χ1v) is 5.62. The van der Waals surface area contributed by atoms with Gasteiger partial charge in [-0.25, -0.2) is 0 Å². The number of likely N-dealkylation sites (N-methyl/N-ethyl adjacent to an activating group) is 1. The minimum atomic E-state index is 0.113. The largest absolute Gasteiger partial charge is 0.399 e. The van der Waals surface area contributed by atoms with E-state index in [4.69, 9.17) is 5.73 Å². The minimum absolute atomic E-state index is 0.113. The lowest BCUT2D eigenvalue weighted by molar-refractivity contribution is 0.310. The second kappa shape index (κ2) is 5.33. The summed E-state index contributed by atoms with van der Waals surface area (Å²) in [4.78, 5) is 2.22. The Kier molecular flexibility index (Phi) is 4.36. The Morgan fingerprint density at radius 2 is 2.27 bits per heavy atom. The molecular weight excluding hydrogens is 186 g/mol. The zero-order chi connectivity index (χ0) is 11.3. The Balaban J connectivity index is 2.60. The van der Waals surface area contributed by atoms with Crippen molar-refractivity contribution in [3.05, 3.63) is 23.9 Å². The van der Waals surface area contributed by atoms with Crippen LogP contribution in [0.3, 0.4) is 0 Å². The Bertz CT molecular complexity index is 256. The third-order valence-electron chi connectivity index (χ3n) is 2.83. The van der Waals surface area contributed by atoms with Crippen molar-refractivity contribution in [2.75, 3.05) is 27.2 Å². The van der Waals surface area contributed by atoms with Gasteiger partial charge in [-0.05, 0) is 46.1 Å². The number of nitrogens with two attached hydrogens (primary N) is 1. The second-order valence-corrected chi connectivity index (χ2v) is 4.48. The normalized spacial score (nSPS) is 25.7. The molecule has 3 N–H and O–H groups in total. The van der Waals surface area contributed by atoms with Gasteiger partial charge in [0.25, 0.3) is 0 Å². The molecule has 0 aromatic heterocycles. The summed E-state index contributed by atoms with van der Waals surface area (Å²) in [5.41, 5.74) is 6.74. The summed E-state index contributed by atoms with van der Waals surface area (Å²) in [7, 11) is 4.22. The fourth-order valence-corrected chi connectivity index (χ4v) is 1.87. The Morgan fingerprint density at radius 3 is 2.73 bits per heavy atom. The lowest BCUT2D eigenvalue weighted by Gasteiger charge is -2.34. The molecule has 1 rings (SSSR count). The molecule has 0 heterocycles. The molecule has 0 aliphatic heterocycles. The number of nitrogens with zero attached hydrogens (tertiary/aromatic N) is 1. The zero-order valence-electron chi connectivity index (χ0n) is 10.1. The molecule has 86 valence electrons. The van der Waals surface area contributed by atoms with Gasteiger partial charge in [-0.3, -0.25) is 0 Å². The van der Waals surface area contributed by atoms with Gasteiger partial charge >= 0.3 is 0 Å². The van der Waals surface area contributed by atoms with E-state index in [1.807, 2.05) is 6.08 Å². The van der Waals surface area contributed by atoms with Gasteiger partial charge in [0.05, 0.1) is 0 Å². The Morgan fingerprint density at radius 1 is 1.53 bits per heavy atom. The standard InChI is InChI=1S/C12H23N3/c1-4-14-12(9-10-15(2)3)7-5-11(13)6-8-12/h5-7,14H,4,8-10,13H2,1-3H3. The molecule has 3 nitrogen and oxygen atoms in total. The van der Waals surface area contributed by atoms with Crippen molar-refractivity contribution in [1.82, 2.24) is 10.2 Å². The SMILES string of the molecule is CCNC1(CCN(C)C)C=CC(N)=CC1. The van der Waals surface area contributed by atoms with Crippen LogP contribution < -0.4 is 11.1 Å². The summed E-state index contributed by atoms with van der Waals surface area (Å²) in [5.74, 6) is 0. The average molecular weight is 209 g/mol. The molecule has 0 saturated carbocycles. The van der Waals surface area contributed by atoms with Crippen LogP contribution in [-0.2, 0) is 0 Å². The first-order valence-electron chi connectivity index (χ1n) is 5.62. The van der Waals surface area contributed by atoms with Crippen molar-refractivity contribution in [2.24, 2.45) is 5.73 Å². The first-order chi connectivity index (χ1) is 7.08. The highest BCUT2D eigenvalue weighted by atomic mass is 15.1. The van der Waals surface area contributed by atoms with Gasteiger partial charge in [-0.1, -0.05) is 19.1 Å². The van der Waals surface area contributed by atoms with E-state index in [1.165, 1.54) is 0 Å². The van der Waals surface area contributed by atoms with Crippen LogP contribution in [-0.4, -0.2) is 37.6 Å². The van der Waals surface area contributed by atoms with Crippen LogP contribution in [0.4, 0.5) is 0 Å². The van der Waals surface area contributed by atoms with Crippen molar-refractivity contribution < 1.29 is 0 Å². The van der Waals surface area contributed by atoms with E-state index in [0.717, 1.165) is 31.6 Å². The summed E-state index contributed by atoms with van der Waals surface area (Å²) in [6, 6.07) is 0. The van der Waals surface area contributed by atoms with Crippen LogP contribution in [0.1, 0.15) is 19.8 Å². The lowest BCUT2D eigenvalue weighted by Crippen LogP contribution is -2.46. The van der Waals surface area contributed by atoms with E-state index in [0.29, 0.717) is 0 Å². The van der Waals surface area contributed by atoms with E-state index in [9.17, 15) is 0 Å². The molecule has 0 amide bonds. The van der Waals surface area contributed by atoms with Crippen LogP contribution in [0, 0.1) is 0 Å². The highest BCUT2D eigenvalue weighted by molar-refractivity contribution is 5.27. The number of allylic oxidation sites excluding steroid dienone is 1. The number of hydrogen-bond donors (Lipinski definition) is 2. The van der Waals surface area contributed by atoms with E-state index < -0.39 is 0 Å². The predicted octanol–water partition coefficient (Wildman–Crippen LogP) is 1.09. The molecule has 3 heteroatoms. The van der Waals surface area contributed by atoms with Gasteiger partial charge in [0.2, 0.25) is 0 Å². The highest BCUT2D eigenvalue weighted by Crippen LogP contribution is 2.23. The van der Waals surface area contributed by atoms with Gasteiger partial charge in [0.15, 0.2) is 0 Å². The number of nitrogens with one attached hydrogen (secondary N) is 1. The molecule has 0 bridgehead atoms. The second-order valence-electron chi connectivity index (χ2n) is 4.48. The maximum atomic E-state index is 5.74. The fraction of sp³-hybridized carbons (Fsp3) is 0.667. The molecule has 0 saturated heterocycles. The van der Waals surface area contributed by atoms with Gasteiger partial charge in [0.1, 0.15) is 0 Å². The smallest absolute Gasteiger partial charge is 0.0415 e. The molecule has 0 fully saturated rings. The first kappa shape index (κ1) is 12.3. The van der Waals surface area contributed by atoms with E-state index in [1.54, 1.807) is 0 Å². The van der Waals surface area contributed by atoms with E-state index in [2.05, 4.69) is 43.4 Å². The van der Waals surface area contributed by atoms with Gasteiger partial charge in [-0.2, -0.15) is 0 Å². The van der Waals surface area contributed by atoms with E-state index in [-0.39, 0.29) is 5.54 Å². The summed E-state index contributed by atoms with van der Waals surface area (Å²) < 4.78 is 0. The molecule has 0 aromatic carbocycles. The van der Waals surface area contributed by atoms with Crippen LogP contribution in [0.25, 0.3) is 0 Å². The zero-order valence-corrected chi connectivity index (χ0v) is 10.1. The van der Waals surface area contributed by atoms with Gasteiger partial charge < -0.3 is 16.0 Å². The number of rotatable bonds is 5. The van der Waals surface area contributed by atoms with Crippen LogP contribution >= 0.6 is 0 Å². The minimum Gasteiger partial charge on any atom is -0.399 e. The van der Waals surface area contributed by atoms with Crippen LogP contribution in [0.2, 0.25) is 0 Å². The quantitative estimate of drug-likeness (QED) is 0.712. The molecule has 0 radical (unpaired) electrons. The van der Waals surface area contributed by atoms with Crippen molar-refractivity contribution in [3.63, 3.8) is 0 Å². The summed E-state index contributed by atoms with van der Waals surface area (Å²) >= 11 is 0. The van der Waals surface area contributed by atoms with E-state index >= 15 is 0 Å². The molecular formula is C12H23N3. The van der Waals surface area contributed by atoms with Crippen molar-refractivity contribution in [1.29, 1.82) is 0 Å². The molecule has 1 aliphatic rings. The third kappa shape index (κ3) is 3.68. The van der Waals surface area contributed by atoms with Gasteiger partial charge in [-0.15, -0.1) is 0 Å². The average Bonchev–Trinajstić information content (AvgIpc) is 2.20. The fourth-order valence-electron chi connectivity index (χ4n) is 1.87. The Hall–Kier alpha value is -0.800. The van der Waals surface area contributed by atoms with Gasteiger partial charge in [0, 0.05) is 11.2 Å². The van der Waals surface area contributed by atoms with Crippen molar-refractivity contribution in [3.8, 4) is 0 Å². The number of hydrogen-bond acceptors (Lipinski definition) is 3. The maximum Gasteiger partial charge on any atom is 0.0415 e. The highest BCUT2D eigenvalue weighted by Gasteiger charge is 2.26. The maximum absolute atomic E-state index is 5.74. The summed E-state index contributed by atoms with van der Waals surface area (Å²) in [6.07, 6.45) is 8.46. The molecule has 0 aromatic rings. The molecule has 15 heavy (non-hydrogen) atoms. The van der Waals surface area contributed by atoms with Crippen LogP contribution in [0.5, 0.6) is 0 Å². The Labute approximate surface area is 93.0 Å². The third-order valence-corrected chi connectivity index (χ3v) is 2.83. The summed E-state index contributed by atoms with van der Waals surface area (Å²) in [5, 5.41) is 3.56. The lowest BCUT2D eigenvalue weighted by atomic mass is 9.86. The molecule has 1 aliphatic carbocycles. The molecule has 1 unspecified atom stereocenters. The van der Waals surface area contributed by atoms with Crippen molar-refractivity contribution in [2.45, 2.75) is 25.3 Å². The van der Waals surface area contributed by atoms with Crippen molar-refractivity contribution >= 4 is 0 Å². The predicted molar refractivity (Wildman–Crippen MR) is 65.6 cm³/mol. The summed E-state index contributed by atoms with van der Waals surface area (Å²) in [6.45, 7) is 4.23. The van der Waals surface area contributed by atoms with Crippen LogP contribution in [0.15, 0.2) is 23.9 Å².